The summed E-state index contributed by atoms with van der Waals surface area (Å²) in [6.07, 6.45) is 2.84. The summed E-state index contributed by atoms with van der Waals surface area (Å²) in [6, 6.07) is 9.80. The van der Waals surface area contributed by atoms with Gasteiger partial charge in [-0.2, -0.15) is 0 Å². The lowest BCUT2D eigenvalue weighted by atomic mass is 9.99. The Hall–Kier alpha value is -1.88. The van der Waals surface area contributed by atoms with E-state index in [2.05, 4.69) is 6.92 Å². The fourth-order valence-corrected chi connectivity index (χ4v) is 3.99. The van der Waals surface area contributed by atoms with E-state index in [4.69, 9.17) is 4.74 Å². The lowest BCUT2D eigenvalue weighted by Gasteiger charge is -2.34. The van der Waals surface area contributed by atoms with Gasteiger partial charge in [0.25, 0.3) is 0 Å². The Balaban J connectivity index is 1.77. The number of likely N-dealkylation sites (tertiary alicyclic amines) is 1. The molecule has 2 amide bonds. The van der Waals surface area contributed by atoms with E-state index in [-0.39, 0.29) is 17.6 Å². The van der Waals surface area contributed by atoms with Crippen molar-refractivity contribution in [3.63, 3.8) is 0 Å². The lowest BCUT2D eigenvalue weighted by molar-refractivity contribution is -0.154. The fraction of sp³-hybridized carbons (Fsp3) is 0.619. The Bertz CT molecular complexity index is 644. The van der Waals surface area contributed by atoms with E-state index in [9.17, 15) is 9.59 Å². The monoisotopic (exact) mass is 358 g/mol. The molecule has 26 heavy (non-hydrogen) atoms. The van der Waals surface area contributed by atoms with E-state index in [1.165, 1.54) is 0 Å². The largest absolute Gasteiger partial charge is 0.373 e. The van der Waals surface area contributed by atoms with Crippen LogP contribution in [0.3, 0.4) is 0 Å². The number of carbonyl (C=O) groups is 2. The molecule has 0 aromatic heterocycles. The van der Waals surface area contributed by atoms with Crippen LogP contribution < -0.4 is 0 Å². The van der Waals surface area contributed by atoms with Crippen LogP contribution in [0.4, 0.5) is 0 Å². The zero-order chi connectivity index (χ0) is 18.7. The minimum absolute atomic E-state index is 0.0659. The molecule has 0 bridgehead atoms. The summed E-state index contributed by atoms with van der Waals surface area (Å²) in [5, 5.41) is 0. The number of nitrogens with zero attached hydrogens (tertiary/aromatic N) is 2. The third kappa shape index (κ3) is 4.44. The van der Waals surface area contributed by atoms with Gasteiger partial charge in [-0.15, -0.1) is 0 Å². The van der Waals surface area contributed by atoms with Gasteiger partial charge in [-0.1, -0.05) is 37.3 Å². The topological polar surface area (TPSA) is 49.9 Å². The van der Waals surface area contributed by atoms with Crippen molar-refractivity contribution < 1.29 is 14.3 Å². The summed E-state index contributed by atoms with van der Waals surface area (Å²) in [5.41, 5.74) is 0.771. The normalized spacial score (nSPS) is 25.1. The molecule has 1 aromatic carbocycles. The van der Waals surface area contributed by atoms with E-state index in [0.29, 0.717) is 32.2 Å². The maximum atomic E-state index is 13.1. The van der Waals surface area contributed by atoms with E-state index in [1.807, 2.05) is 44.2 Å². The number of ether oxygens (including phenoxy) is 1. The molecule has 142 valence electrons. The van der Waals surface area contributed by atoms with Crippen molar-refractivity contribution in [1.82, 2.24) is 9.80 Å². The van der Waals surface area contributed by atoms with Crippen LogP contribution in [0.1, 0.15) is 45.6 Å². The molecule has 2 unspecified atom stereocenters. The molecule has 2 fully saturated rings. The second-order valence-corrected chi connectivity index (χ2v) is 8.35. The number of carbonyl (C=O) groups excluding carboxylic acids is 2. The van der Waals surface area contributed by atoms with Crippen molar-refractivity contribution in [2.24, 2.45) is 5.92 Å². The summed E-state index contributed by atoms with van der Waals surface area (Å²) >= 11 is 0. The molecule has 2 aliphatic heterocycles. The minimum Gasteiger partial charge on any atom is -0.373 e. The predicted octanol–water partition coefficient (Wildman–Crippen LogP) is 2.84. The Morgan fingerprint density at radius 1 is 1.27 bits per heavy atom. The molecule has 2 saturated heterocycles. The fourth-order valence-electron chi connectivity index (χ4n) is 3.99. The van der Waals surface area contributed by atoms with Crippen LogP contribution in [0.5, 0.6) is 0 Å². The van der Waals surface area contributed by atoms with Crippen molar-refractivity contribution in [1.29, 1.82) is 0 Å². The quantitative estimate of drug-likeness (QED) is 0.781. The lowest BCUT2D eigenvalue weighted by Crippen LogP contribution is -2.51. The van der Waals surface area contributed by atoms with Gasteiger partial charge in [-0.05, 0) is 44.6 Å². The van der Waals surface area contributed by atoms with Gasteiger partial charge in [0.15, 0.2) is 0 Å². The zero-order valence-corrected chi connectivity index (χ0v) is 16.1. The number of amides is 2. The van der Waals surface area contributed by atoms with Crippen molar-refractivity contribution in [3.05, 3.63) is 35.9 Å². The van der Waals surface area contributed by atoms with Crippen molar-refractivity contribution in [2.45, 2.75) is 58.2 Å². The molecule has 1 aromatic rings. The standard InChI is InChI=1S/C21H30N2O3/c1-16-8-7-11-22(13-16)19(24)20(25)23(14-17-9-5-4-6-10-17)18-12-21(2,3)26-15-18/h4-6,9-10,16,18H,7-8,11-15H2,1-3H3. The first-order valence-corrected chi connectivity index (χ1v) is 9.63. The minimum atomic E-state index is -0.394. The number of hydrogen-bond donors (Lipinski definition) is 0. The van der Waals surface area contributed by atoms with Gasteiger partial charge >= 0.3 is 11.8 Å². The first-order chi connectivity index (χ1) is 12.4. The van der Waals surface area contributed by atoms with Crippen LogP contribution in [-0.2, 0) is 20.9 Å². The number of benzene rings is 1. The summed E-state index contributed by atoms with van der Waals surface area (Å²) in [5.74, 6) is -0.303. The van der Waals surface area contributed by atoms with Crippen molar-refractivity contribution in [2.75, 3.05) is 19.7 Å². The van der Waals surface area contributed by atoms with Crippen LogP contribution in [0.25, 0.3) is 0 Å². The third-order valence-corrected chi connectivity index (χ3v) is 5.42. The van der Waals surface area contributed by atoms with Gasteiger partial charge in [-0.25, -0.2) is 0 Å². The Labute approximate surface area is 156 Å². The summed E-state index contributed by atoms with van der Waals surface area (Å²) in [7, 11) is 0. The van der Waals surface area contributed by atoms with E-state index in [0.717, 1.165) is 24.8 Å². The zero-order valence-electron chi connectivity index (χ0n) is 16.1. The second-order valence-electron chi connectivity index (χ2n) is 8.35. The van der Waals surface area contributed by atoms with Crippen LogP contribution in [-0.4, -0.2) is 53.0 Å². The average Bonchev–Trinajstić information content (AvgIpc) is 2.99. The summed E-state index contributed by atoms with van der Waals surface area (Å²) in [4.78, 5) is 29.5. The first-order valence-electron chi connectivity index (χ1n) is 9.63. The van der Waals surface area contributed by atoms with Crippen LogP contribution in [0, 0.1) is 5.92 Å². The van der Waals surface area contributed by atoms with Gasteiger partial charge in [0, 0.05) is 19.6 Å². The van der Waals surface area contributed by atoms with Crippen LogP contribution in [0.2, 0.25) is 0 Å². The van der Waals surface area contributed by atoms with Gasteiger partial charge in [-0.3, -0.25) is 9.59 Å². The molecule has 5 nitrogen and oxygen atoms in total. The van der Waals surface area contributed by atoms with Gasteiger partial charge in [0.05, 0.1) is 18.2 Å². The molecule has 2 aliphatic rings. The Morgan fingerprint density at radius 3 is 2.62 bits per heavy atom. The molecule has 0 aliphatic carbocycles. The van der Waals surface area contributed by atoms with Crippen molar-refractivity contribution >= 4 is 11.8 Å². The SMILES string of the molecule is CC1CCCN(C(=O)C(=O)N(Cc2ccccc2)C2COC(C)(C)C2)C1. The molecular weight excluding hydrogens is 328 g/mol. The highest BCUT2D eigenvalue weighted by Crippen LogP contribution is 2.29. The number of rotatable bonds is 3. The molecule has 0 saturated carbocycles. The van der Waals surface area contributed by atoms with E-state index < -0.39 is 5.91 Å². The van der Waals surface area contributed by atoms with Gasteiger partial charge < -0.3 is 14.5 Å². The molecule has 3 rings (SSSR count). The maximum absolute atomic E-state index is 13.1. The molecule has 0 N–H and O–H groups in total. The van der Waals surface area contributed by atoms with E-state index >= 15 is 0 Å². The average molecular weight is 358 g/mol. The van der Waals surface area contributed by atoms with Crippen LogP contribution >= 0.6 is 0 Å². The molecule has 5 heteroatoms. The Kier molecular flexibility index (Phi) is 5.66. The Morgan fingerprint density at radius 2 is 2.00 bits per heavy atom. The first kappa shape index (κ1) is 18.9. The molecule has 0 spiro atoms. The number of piperidine rings is 1. The summed E-state index contributed by atoms with van der Waals surface area (Å²) < 4.78 is 5.85. The van der Waals surface area contributed by atoms with Crippen LogP contribution in [0.15, 0.2) is 30.3 Å². The highest BCUT2D eigenvalue weighted by Gasteiger charge is 2.40. The van der Waals surface area contributed by atoms with Crippen molar-refractivity contribution in [3.8, 4) is 0 Å². The van der Waals surface area contributed by atoms with E-state index in [1.54, 1.807) is 9.80 Å². The highest BCUT2D eigenvalue weighted by molar-refractivity contribution is 6.35. The highest BCUT2D eigenvalue weighted by atomic mass is 16.5. The molecule has 2 atom stereocenters. The summed E-state index contributed by atoms with van der Waals surface area (Å²) in [6.45, 7) is 8.49. The molecule has 0 radical (unpaired) electrons. The maximum Gasteiger partial charge on any atom is 0.312 e. The molecular formula is C21H30N2O3. The third-order valence-electron chi connectivity index (χ3n) is 5.42. The smallest absolute Gasteiger partial charge is 0.312 e. The molecule has 2 heterocycles. The van der Waals surface area contributed by atoms with Gasteiger partial charge in [0.1, 0.15) is 0 Å². The van der Waals surface area contributed by atoms with Gasteiger partial charge in [0.2, 0.25) is 0 Å². The number of hydrogen-bond acceptors (Lipinski definition) is 3. The predicted molar refractivity (Wildman–Crippen MR) is 100 cm³/mol. The second kappa shape index (κ2) is 7.78.